The molecule has 0 atom stereocenters. The summed E-state index contributed by atoms with van der Waals surface area (Å²) >= 11 is 0. The molecule has 0 radical (unpaired) electrons. The Hall–Kier alpha value is -1.67. The number of rotatable bonds is 4. The molecule has 1 aliphatic rings. The molecule has 5 nitrogen and oxygen atoms in total. The van der Waals surface area contributed by atoms with Crippen LogP contribution in [0.4, 0.5) is 0 Å². The van der Waals surface area contributed by atoms with Crippen molar-refractivity contribution in [1.82, 2.24) is 20.3 Å². The predicted molar refractivity (Wildman–Crippen MR) is 63.6 cm³/mol. The number of piperidine rings is 1. The van der Waals surface area contributed by atoms with E-state index in [1.54, 1.807) is 6.20 Å². The van der Waals surface area contributed by atoms with Crippen molar-refractivity contribution in [2.45, 2.75) is 31.7 Å². The maximum absolute atomic E-state index is 11.7. The fourth-order valence-electron chi connectivity index (χ4n) is 1.97. The Morgan fingerprint density at radius 2 is 2.35 bits per heavy atom. The lowest BCUT2D eigenvalue weighted by Crippen LogP contribution is -2.29. The van der Waals surface area contributed by atoms with Gasteiger partial charge < -0.3 is 5.32 Å². The Kier molecular flexibility index (Phi) is 3.89. The van der Waals surface area contributed by atoms with Gasteiger partial charge in [-0.2, -0.15) is 0 Å². The number of ketones is 1. The molecule has 1 saturated heterocycles. The van der Waals surface area contributed by atoms with E-state index < -0.39 is 0 Å². The van der Waals surface area contributed by atoms with Crippen molar-refractivity contribution in [2.75, 3.05) is 13.1 Å². The minimum Gasteiger partial charge on any atom is -0.317 e. The number of carbonyl (C=O) groups excluding carboxylic acids is 1. The van der Waals surface area contributed by atoms with Gasteiger partial charge in [0.25, 0.3) is 0 Å². The number of aromatic nitrogens is 3. The number of hydrogen-bond acceptors (Lipinski definition) is 4. The Morgan fingerprint density at radius 1 is 1.59 bits per heavy atom. The van der Waals surface area contributed by atoms with Gasteiger partial charge >= 0.3 is 0 Å². The summed E-state index contributed by atoms with van der Waals surface area (Å²) in [6.45, 7) is 1.98. The quantitative estimate of drug-likeness (QED) is 0.616. The van der Waals surface area contributed by atoms with E-state index in [4.69, 9.17) is 6.42 Å². The fraction of sp³-hybridized carbons (Fsp3) is 0.583. The highest BCUT2D eigenvalue weighted by Gasteiger charge is 2.18. The number of hydrogen-bond donors (Lipinski definition) is 1. The van der Waals surface area contributed by atoms with E-state index in [9.17, 15) is 4.79 Å². The standard InChI is InChI=1S/C12H16N4O/c1-2-3-4-12(17)11-9-16(15-14-11)10-5-7-13-8-6-10/h1,9-10,13H,3-8H2. The number of Topliss-reactive ketones (excluding diaryl/α,β-unsaturated/α-hetero) is 1. The van der Waals surface area contributed by atoms with Crippen molar-refractivity contribution in [3.05, 3.63) is 11.9 Å². The molecule has 1 fully saturated rings. The van der Waals surface area contributed by atoms with Gasteiger partial charge in [-0.05, 0) is 25.9 Å². The monoisotopic (exact) mass is 232 g/mol. The van der Waals surface area contributed by atoms with Crippen LogP contribution in [-0.4, -0.2) is 33.9 Å². The first-order chi connectivity index (χ1) is 8.31. The van der Waals surface area contributed by atoms with Crippen molar-refractivity contribution in [3.8, 4) is 12.3 Å². The predicted octanol–water partition coefficient (Wildman–Crippen LogP) is 0.799. The topological polar surface area (TPSA) is 59.8 Å². The van der Waals surface area contributed by atoms with Crippen LogP contribution in [0.2, 0.25) is 0 Å². The van der Waals surface area contributed by atoms with Gasteiger partial charge in [-0.15, -0.1) is 17.4 Å². The molecule has 0 aliphatic carbocycles. The van der Waals surface area contributed by atoms with Gasteiger partial charge in [0.2, 0.25) is 0 Å². The third kappa shape index (κ3) is 2.92. The molecule has 0 spiro atoms. The molecule has 0 unspecified atom stereocenters. The molecule has 17 heavy (non-hydrogen) atoms. The zero-order chi connectivity index (χ0) is 12.1. The fourth-order valence-corrected chi connectivity index (χ4v) is 1.97. The van der Waals surface area contributed by atoms with Crippen molar-refractivity contribution in [1.29, 1.82) is 0 Å². The van der Waals surface area contributed by atoms with Crippen LogP contribution in [0.25, 0.3) is 0 Å². The van der Waals surface area contributed by atoms with Crippen LogP contribution in [-0.2, 0) is 0 Å². The normalized spacial score (nSPS) is 16.6. The Bertz CT molecular complexity index is 426. The number of nitrogens with one attached hydrogen (secondary N) is 1. The van der Waals surface area contributed by atoms with Crippen LogP contribution in [0.1, 0.15) is 42.2 Å². The Labute approximate surface area is 101 Å². The van der Waals surface area contributed by atoms with Gasteiger partial charge in [-0.3, -0.25) is 4.79 Å². The van der Waals surface area contributed by atoms with Crippen molar-refractivity contribution < 1.29 is 4.79 Å². The van der Waals surface area contributed by atoms with Gasteiger partial charge in [0.05, 0.1) is 12.2 Å². The van der Waals surface area contributed by atoms with E-state index in [2.05, 4.69) is 21.5 Å². The smallest absolute Gasteiger partial charge is 0.185 e. The summed E-state index contributed by atoms with van der Waals surface area (Å²) in [5, 5.41) is 11.2. The van der Waals surface area contributed by atoms with E-state index in [1.165, 1.54) is 0 Å². The Balaban J connectivity index is 2.00. The first-order valence-electron chi connectivity index (χ1n) is 5.90. The number of terminal acetylenes is 1. The molecule has 2 heterocycles. The summed E-state index contributed by atoms with van der Waals surface area (Å²) in [6, 6.07) is 0.359. The zero-order valence-corrected chi connectivity index (χ0v) is 9.72. The highest BCUT2D eigenvalue weighted by molar-refractivity contribution is 5.93. The summed E-state index contributed by atoms with van der Waals surface area (Å²) in [6.07, 6.45) is 9.74. The van der Waals surface area contributed by atoms with E-state index in [0.29, 0.717) is 24.6 Å². The molecule has 1 aromatic rings. The minimum atomic E-state index is -0.0249. The molecule has 1 aliphatic heterocycles. The van der Waals surface area contributed by atoms with Gasteiger partial charge in [-0.1, -0.05) is 5.21 Å². The van der Waals surface area contributed by atoms with Crippen molar-refractivity contribution >= 4 is 5.78 Å². The van der Waals surface area contributed by atoms with E-state index >= 15 is 0 Å². The largest absolute Gasteiger partial charge is 0.317 e. The lowest BCUT2D eigenvalue weighted by atomic mass is 10.1. The number of nitrogens with zero attached hydrogens (tertiary/aromatic N) is 3. The van der Waals surface area contributed by atoms with E-state index in [1.807, 2.05) is 4.68 Å². The van der Waals surface area contributed by atoms with Gasteiger partial charge in [0.1, 0.15) is 5.69 Å². The molecule has 0 amide bonds. The average molecular weight is 232 g/mol. The van der Waals surface area contributed by atoms with Gasteiger partial charge in [-0.25, -0.2) is 4.68 Å². The van der Waals surface area contributed by atoms with Crippen LogP contribution < -0.4 is 5.32 Å². The average Bonchev–Trinajstić information content (AvgIpc) is 2.86. The second-order valence-corrected chi connectivity index (χ2v) is 4.19. The minimum absolute atomic E-state index is 0.0249. The maximum Gasteiger partial charge on any atom is 0.185 e. The van der Waals surface area contributed by atoms with Crippen molar-refractivity contribution in [3.63, 3.8) is 0 Å². The summed E-state index contributed by atoms with van der Waals surface area (Å²) in [5.41, 5.74) is 0.429. The SMILES string of the molecule is C#CCCC(=O)c1cn(C2CCNCC2)nn1. The van der Waals surface area contributed by atoms with Crippen LogP contribution in [0.5, 0.6) is 0 Å². The highest BCUT2D eigenvalue weighted by atomic mass is 16.1. The maximum atomic E-state index is 11.7. The van der Waals surface area contributed by atoms with Crippen LogP contribution in [0.3, 0.4) is 0 Å². The summed E-state index contributed by atoms with van der Waals surface area (Å²) < 4.78 is 1.81. The van der Waals surface area contributed by atoms with Crippen LogP contribution in [0, 0.1) is 12.3 Å². The highest BCUT2D eigenvalue weighted by Crippen LogP contribution is 2.17. The van der Waals surface area contributed by atoms with E-state index in [-0.39, 0.29) is 5.78 Å². The zero-order valence-electron chi connectivity index (χ0n) is 9.72. The second kappa shape index (κ2) is 5.60. The molecular formula is C12H16N4O. The molecule has 5 heteroatoms. The number of carbonyl (C=O) groups is 1. The lowest BCUT2D eigenvalue weighted by molar-refractivity contribution is 0.0979. The molecular weight excluding hydrogens is 216 g/mol. The second-order valence-electron chi connectivity index (χ2n) is 4.19. The summed E-state index contributed by atoms with van der Waals surface area (Å²) in [7, 11) is 0. The van der Waals surface area contributed by atoms with Gasteiger partial charge in [0, 0.05) is 12.8 Å². The third-order valence-corrected chi connectivity index (χ3v) is 2.98. The molecule has 0 aromatic carbocycles. The third-order valence-electron chi connectivity index (χ3n) is 2.98. The van der Waals surface area contributed by atoms with Crippen LogP contribution >= 0.6 is 0 Å². The van der Waals surface area contributed by atoms with Gasteiger partial charge in [0.15, 0.2) is 5.78 Å². The molecule has 2 rings (SSSR count). The lowest BCUT2D eigenvalue weighted by Gasteiger charge is -2.22. The van der Waals surface area contributed by atoms with Crippen molar-refractivity contribution in [2.24, 2.45) is 0 Å². The van der Waals surface area contributed by atoms with Crippen LogP contribution in [0.15, 0.2) is 6.20 Å². The molecule has 1 N–H and O–H groups in total. The Morgan fingerprint density at radius 3 is 3.06 bits per heavy atom. The molecule has 0 bridgehead atoms. The molecule has 1 aromatic heterocycles. The summed E-state index contributed by atoms with van der Waals surface area (Å²) in [4.78, 5) is 11.7. The molecule has 90 valence electrons. The van der Waals surface area contributed by atoms with E-state index in [0.717, 1.165) is 25.9 Å². The first-order valence-corrected chi connectivity index (χ1v) is 5.90. The molecule has 0 saturated carbocycles. The summed E-state index contributed by atoms with van der Waals surface area (Å²) in [5.74, 6) is 2.43. The first kappa shape index (κ1) is 11.8.